The molecule has 3 N–H and O–H groups in total. The molecule has 0 aromatic heterocycles. The van der Waals surface area contributed by atoms with Crippen LogP contribution in [0, 0.1) is 5.92 Å². The molecule has 0 spiro atoms. The number of halogens is 2. The van der Waals surface area contributed by atoms with Crippen LogP contribution in [0.4, 0.5) is 0 Å². The van der Waals surface area contributed by atoms with Crippen molar-refractivity contribution in [3.63, 3.8) is 0 Å². The number of carbonyl (C=O) groups excluding carboxylic acids is 1. The van der Waals surface area contributed by atoms with Crippen LogP contribution in [-0.2, 0) is 9.53 Å². The molecule has 1 aliphatic rings. The standard InChI is InChI=1S/C8H16N2O3.C6H4Cl2/c11-5-8(12)10-4-7-3-9-1-2-13-6-7;7-5-3-1-2-4-6(5)8/h7,9,11H,1-6H2,(H,10,12);1-4H. The van der Waals surface area contributed by atoms with E-state index in [1.54, 1.807) is 12.1 Å². The Morgan fingerprint density at radius 3 is 2.62 bits per heavy atom. The second-order valence-electron chi connectivity index (χ2n) is 4.52. The van der Waals surface area contributed by atoms with Gasteiger partial charge in [0.15, 0.2) is 0 Å². The maximum absolute atomic E-state index is 10.7. The molecule has 1 aromatic rings. The maximum Gasteiger partial charge on any atom is 0.245 e. The van der Waals surface area contributed by atoms with E-state index in [2.05, 4.69) is 10.6 Å². The number of benzene rings is 1. The molecule has 0 aliphatic carbocycles. The van der Waals surface area contributed by atoms with Crippen LogP contribution >= 0.6 is 23.2 Å². The van der Waals surface area contributed by atoms with Gasteiger partial charge in [0.25, 0.3) is 0 Å². The Hall–Kier alpha value is -0.850. The Labute approximate surface area is 134 Å². The molecule has 1 atom stereocenters. The average molecular weight is 335 g/mol. The van der Waals surface area contributed by atoms with E-state index in [1.165, 1.54) is 0 Å². The summed E-state index contributed by atoms with van der Waals surface area (Å²) in [6, 6.07) is 7.19. The number of carbonyl (C=O) groups is 1. The molecule has 1 saturated heterocycles. The molecule has 1 unspecified atom stereocenters. The van der Waals surface area contributed by atoms with Crippen molar-refractivity contribution in [2.24, 2.45) is 5.92 Å². The Morgan fingerprint density at radius 2 is 2.05 bits per heavy atom. The predicted molar refractivity (Wildman–Crippen MR) is 83.7 cm³/mol. The molecule has 0 bridgehead atoms. The molecule has 0 saturated carbocycles. The summed E-state index contributed by atoms with van der Waals surface area (Å²) >= 11 is 11.2. The number of hydrogen-bond donors (Lipinski definition) is 3. The van der Waals surface area contributed by atoms with E-state index in [9.17, 15) is 4.79 Å². The van der Waals surface area contributed by atoms with E-state index < -0.39 is 6.61 Å². The van der Waals surface area contributed by atoms with Crippen LogP contribution in [0.5, 0.6) is 0 Å². The van der Waals surface area contributed by atoms with Gasteiger partial charge in [0.05, 0.1) is 23.3 Å². The third kappa shape index (κ3) is 8.24. The maximum atomic E-state index is 10.7. The first-order valence-electron chi connectivity index (χ1n) is 6.69. The van der Waals surface area contributed by atoms with Crippen LogP contribution < -0.4 is 10.6 Å². The largest absolute Gasteiger partial charge is 0.387 e. The fourth-order valence-corrected chi connectivity index (χ4v) is 1.92. The van der Waals surface area contributed by atoms with Gasteiger partial charge < -0.3 is 20.5 Å². The minimum Gasteiger partial charge on any atom is -0.387 e. The van der Waals surface area contributed by atoms with E-state index in [-0.39, 0.29) is 5.91 Å². The molecule has 0 radical (unpaired) electrons. The lowest BCUT2D eigenvalue weighted by Crippen LogP contribution is -2.36. The van der Waals surface area contributed by atoms with Crippen molar-refractivity contribution in [2.75, 3.05) is 39.5 Å². The fourth-order valence-electron chi connectivity index (χ4n) is 1.64. The molecule has 118 valence electrons. The van der Waals surface area contributed by atoms with Gasteiger partial charge in [-0.05, 0) is 12.1 Å². The molecule has 1 amide bonds. The minimum atomic E-state index is -0.443. The zero-order chi connectivity index (χ0) is 15.5. The zero-order valence-corrected chi connectivity index (χ0v) is 13.2. The van der Waals surface area contributed by atoms with Crippen molar-refractivity contribution in [1.82, 2.24) is 10.6 Å². The molecule has 1 aliphatic heterocycles. The smallest absolute Gasteiger partial charge is 0.245 e. The first kappa shape index (κ1) is 18.2. The SMILES string of the molecule is Clc1ccccc1Cl.O=C(CO)NCC1CNCCOC1. The van der Waals surface area contributed by atoms with Crippen molar-refractivity contribution < 1.29 is 14.6 Å². The molecule has 7 heteroatoms. The number of hydrogen-bond acceptors (Lipinski definition) is 4. The first-order chi connectivity index (χ1) is 10.1. The van der Waals surface area contributed by atoms with Gasteiger partial charge in [-0.25, -0.2) is 0 Å². The topological polar surface area (TPSA) is 70.6 Å². The van der Waals surface area contributed by atoms with E-state index in [4.69, 9.17) is 33.0 Å². The number of rotatable bonds is 3. The zero-order valence-electron chi connectivity index (χ0n) is 11.6. The van der Waals surface area contributed by atoms with Gasteiger partial charge in [-0.15, -0.1) is 0 Å². The number of aliphatic hydroxyl groups excluding tert-OH is 1. The Balaban J connectivity index is 0.000000235. The van der Waals surface area contributed by atoms with Gasteiger partial charge >= 0.3 is 0 Å². The van der Waals surface area contributed by atoms with Crippen LogP contribution in [0.2, 0.25) is 10.0 Å². The van der Waals surface area contributed by atoms with Crippen molar-refractivity contribution >= 4 is 29.1 Å². The summed E-state index contributed by atoms with van der Waals surface area (Å²) in [5, 5.41) is 15.5. The minimum absolute atomic E-state index is 0.304. The highest BCUT2D eigenvalue weighted by molar-refractivity contribution is 6.41. The highest BCUT2D eigenvalue weighted by atomic mass is 35.5. The third-order valence-electron chi connectivity index (χ3n) is 2.77. The summed E-state index contributed by atoms with van der Waals surface area (Å²) in [7, 11) is 0. The molecule has 1 aromatic carbocycles. The summed E-state index contributed by atoms with van der Waals surface area (Å²) in [6.07, 6.45) is 0. The van der Waals surface area contributed by atoms with Crippen LogP contribution in [0.1, 0.15) is 0 Å². The van der Waals surface area contributed by atoms with Gasteiger partial charge in [0.2, 0.25) is 5.91 Å². The second kappa shape index (κ2) is 10.8. The van der Waals surface area contributed by atoms with Gasteiger partial charge in [-0.3, -0.25) is 4.79 Å². The van der Waals surface area contributed by atoms with Crippen LogP contribution in [-0.4, -0.2) is 50.5 Å². The number of nitrogens with one attached hydrogen (secondary N) is 2. The lowest BCUT2D eigenvalue weighted by molar-refractivity contribution is -0.124. The first-order valence-corrected chi connectivity index (χ1v) is 7.45. The summed E-state index contributed by atoms with van der Waals surface area (Å²) in [5.74, 6) is -0.0257. The Morgan fingerprint density at radius 1 is 1.38 bits per heavy atom. The molecule has 21 heavy (non-hydrogen) atoms. The lowest BCUT2D eigenvalue weighted by atomic mass is 10.1. The van der Waals surface area contributed by atoms with Crippen molar-refractivity contribution in [1.29, 1.82) is 0 Å². The molecule has 5 nitrogen and oxygen atoms in total. The second-order valence-corrected chi connectivity index (χ2v) is 5.34. The Bertz CT molecular complexity index is 403. The number of ether oxygens (including phenoxy) is 1. The lowest BCUT2D eigenvalue weighted by Gasteiger charge is -2.13. The molecular formula is C14H20Cl2N2O3. The van der Waals surface area contributed by atoms with Crippen molar-refractivity contribution in [3.8, 4) is 0 Å². The fraction of sp³-hybridized carbons (Fsp3) is 0.500. The van der Waals surface area contributed by atoms with Crippen molar-refractivity contribution in [2.45, 2.75) is 0 Å². The summed E-state index contributed by atoms with van der Waals surface area (Å²) in [4.78, 5) is 10.7. The van der Waals surface area contributed by atoms with Crippen LogP contribution in [0.25, 0.3) is 0 Å². The summed E-state index contributed by atoms with van der Waals surface area (Å²) in [5.41, 5.74) is 0. The summed E-state index contributed by atoms with van der Waals surface area (Å²) in [6.45, 7) is 3.23. The van der Waals surface area contributed by atoms with Gasteiger partial charge in [-0.1, -0.05) is 35.3 Å². The quantitative estimate of drug-likeness (QED) is 0.779. The summed E-state index contributed by atoms with van der Waals surface area (Å²) < 4.78 is 5.30. The Kier molecular flexibility index (Phi) is 9.37. The molecule has 1 heterocycles. The van der Waals surface area contributed by atoms with E-state index in [0.717, 1.165) is 19.7 Å². The molecule has 1 fully saturated rings. The number of amides is 1. The van der Waals surface area contributed by atoms with Gasteiger partial charge in [0, 0.05) is 25.6 Å². The van der Waals surface area contributed by atoms with E-state index in [0.29, 0.717) is 29.1 Å². The van der Waals surface area contributed by atoms with Crippen LogP contribution in [0.15, 0.2) is 24.3 Å². The predicted octanol–water partition coefficient (Wildman–Crippen LogP) is 1.32. The van der Waals surface area contributed by atoms with Crippen molar-refractivity contribution in [3.05, 3.63) is 34.3 Å². The van der Waals surface area contributed by atoms with Gasteiger partial charge in [-0.2, -0.15) is 0 Å². The average Bonchev–Trinajstić information content (AvgIpc) is 2.77. The molecule has 2 rings (SSSR count). The molecular weight excluding hydrogens is 315 g/mol. The van der Waals surface area contributed by atoms with E-state index in [1.807, 2.05) is 12.1 Å². The number of aliphatic hydroxyl groups is 1. The third-order valence-corrected chi connectivity index (χ3v) is 3.52. The monoisotopic (exact) mass is 334 g/mol. The highest BCUT2D eigenvalue weighted by Gasteiger charge is 2.12. The van der Waals surface area contributed by atoms with E-state index >= 15 is 0 Å². The van der Waals surface area contributed by atoms with Gasteiger partial charge in [0.1, 0.15) is 6.61 Å². The normalized spacial score (nSPS) is 18.1. The highest BCUT2D eigenvalue weighted by Crippen LogP contribution is 2.19. The van der Waals surface area contributed by atoms with Crippen LogP contribution in [0.3, 0.4) is 0 Å².